The summed E-state index contributed by atoms with van der Waals surface area (Å²) in [5.74, 6) is -1.04. The molecule has 7 N–H and O–H groups in total. The highest BCUT2D eigenvalue weighted by atomic mass is 18.2. The van der Waals surface area contributed by atoms with Crippen molar-refractivity contribution in [2.75, 3.05) is 19.9 Å². The molecule has 0 aromatic carbocycles. The predicted octanol–water partition coefficient (Wildman–Crippen LogP) is -3.78. The SMILES string of the molecule is OC[C@H]1O[C@@H](O[C@H]2[C@H](O)[C@@H](CC[18F])[C@H](O)O[C@@H]2CO)[C@H](O)[C@@H](O)[C@H]1O. The Bertz CT molecular complexity index is 413. The van der Waals surface area contributed by atoms with E-state index in [2.05, 4.69) is 0 Å². The van der Waals surface area contributed by atoms with Crippen molar-refractivity contribution in [2.45, 2.75) is 61.7 Å². The first-order valence-electron chi connectivity index (χ1n) is 8.00. The van der Waals surface area contributed by atoms with Crippen LogP contribution in [0.2, 0.25) is 0 Å². The lowest BCUT2D eigenvalue weighted by atomic mass is 9.88. The molecule has 0 aliphatic carbocycles. The number of alkyl halides is 1. The van der Waals surface area contributed by atoms with Crippen molar-refractivity contribution in [1.29, 1.82) is 0 Å². The van der Waals surface area contributed by atoms with Gasteiger partial charge in [0, 0.05) is 5.92 Å². The van der Waals surface area contributed by atoms with E-state index in [9.17, 15) is 35.0 Å². The number of aliphatic hydroxyl groups excluding tert-OH is 7. The van der Waals surface area contributed by atoms with Crippen LogP contribution >= 0.6 is 0 Å². The third kappa shape index (κ3) is 4.27. The molecule has 2 fully saturated rings. The second-order valence-corrected chi connectivity index (χ2v) is 6.18. The van der Waals surface area contributed by atoms with Gasteiger partial charge in [-0.15, -0.1) is 0 Å². The lowest BCUT2D eigenvalue weighted by molar-refractivity contribution is -0.351. The fraction of sp³-hybridized carbons (Fsp3) is 1.00. The Morgan fingerprint density at radius 2 is 1.44 bits per heavy atom. The van der Waals surface area contributed by atoms with E-state index >= 15 is 0 Å². The summed E-state index contributed by atoms with van der Waals surface area (Å²) < 4.78 is 28.3. The van der Waals surface area contributed by atoms with Crippen LogP contribution in [0.1, 0.15) is 6.42 Å². The summed E-state index contributed by atoms with van der Waals surface area (Å²) in [4.78, 5) is 0. The van der Waals surface area contributed by atoms with Crippen LogP contribution in [-0.4, -0.2) is 111 Å². The van der Waals surface area contributed by atoms with Gasteiger partial charge in [-0.3, -0.25) is 4.39 Å². The molecule has 2 rings (SSSR count). The van der Waals surface area contributed by atoms with Crippen molar-refractivity contribution >= 4 is 0 Å². The van der Waals surface area contributed by atoms with Gasteiger partial charge in [0.2, 0.25) is 0 Å². The standard InChI is InChI=1S/C14H25FO10/c15-2-1-5-8(18)12(7(4-17)23-13(5)22)25-14-11(21)10(20)9(19)6(3-16)24-14/h5-14,16-22H,1-4H2/t5-,6-,7-,8-,9+,10+,11-,12-,13-,14+/m1/s1/i15-1. The van der Waals surface area contributed by atoms with Gasteiger partial charge < -0.3 is 50.0 Å². The maximum absolute atomic E-state index is 12.6. The molecule has 0 bridgehead atoms. The number of hydrogen-bond donors (Lipinski definition) is 7. The number of hydrogen-bond acceptors (Lipinski definition) is 10. The molecule has 0 unspecified atom stereocenters. The van der Waals surface area contributed by atoms with Gasteiger partial charge in [-0.05, 0) is 6.42 Å². The van der Waals surface area contributed by atoms with Crippen molar-refractivity contribution in [3.8, 4) is 0 Å². The van der Waals surface area contributed by atoms with Crippen LogP contribution in [0.5, 0.6) is 0 Å². The molecule has 0 aromatic heterocycles. The van der Waals surface area contributed by atoms with Crippen LogP contribution in [0.3, 0.4) is 0 Å². The minimum atomic E-state index is -1.71. The molecule has 10 atom stereocenters. The molecule has 0 radical (unpaired) electrons. The van der Waals surface area contributed by atoms with Crippen LogP contribution in [0.25, 0.3) is 0 Å². The molecule has 2 aliphatic rings. The quantitative estimate of drug-likeness (QED) is 0.246. The average Bonchev–Trinajstić information content (AvgIpc) is 2.60. The average molecular weight is 371 g/mol. The van der Waals surface area contributed by atoms with Crippen LogP contribution in [0.15, 0.2) is 0 Å². The van der Waals surface area contributed by atoms with Crippen LogP contribution in [-0.2, 0) is 14.2 Å². The molecule has 2 aliphatic heterocycles. The van der Waals surface area contributed by atoms with Gasteiger partial charge in [0.1, 0.15) is 36.6 Å². The summed E-state index contributed by atoms with van der Waals surface area (Å²) in [6, 6.07) is 0. The van der Waals surface area contributed by atoms with E-state index in [1.54, 1.807) is 0 Å². The van der Waals surface area contributed by atoms with Crippen molar-refractivity contribution in [1.82, 2.24) is 0 Å². The van der Waals surface area contributed by atoms with Crippen molar-refractivity contribution in [3.05, 3.63) is 0 Å². The van der Waals surface area contributed by atoms with Crippen LogP contribution < -0.4 is 0 Å². The molecule has 2 heterocycles. The first-order chi connectivity index (χ1) is 11.8. The largest absolute Gasteiger partial charge is 0.394 e. The summed E-state index contributed by atoms with van der Waals surface area (Å²) in [6.45, 7) is -2.15. The van der Waals surface area contributed by atoms with Gasteiger partial charge in [-0.1, -0.05) is 0 Å². The van der Waals surface area contributed by atoms with E-state index in [0.717, 1.165) is 0 Å². The zero-order chi connectivity index (χ0) is 18.7. The normalized spacial score (nSPS) is 48.5. The topological polar surface area (TPSA) is 169 Å². The minimum absolute atomic E-state index is 0.227. The van der Waals surface area contributed by atoms with Gasteiger partial charge >= 0.3 is 0 Å². The van der Waals surface area contributed by atoms with Crippen LogP contribution in [0.4, 0.5) is 4.39 Å². The zero-order valence-electron chi connectivity index (χ0n) is 13.3. The Kier molecular flexibility index (Phi) is 7.46. The summed E-state index contributed by atoms with van der Waals surface area (Å²) >= 11 is 0. The first-order valence-corrected chi connectivity index (χ1v) is 8.00. The smallest absolute Gasteiger partial charge is 0.187 e. The highest BCUT2D eigenvalue weighted by molar-refractivity contribution is 4.93. The summed E-state index contributed by atoms with van der Waals surface area (Å²) in [7, 11) is 0. The lowest BCUT2D eigenvalue weighted by Crippen LogP contribution is -2.63. The molecular weight excluding hydrogens is 346 g/mol. The van der Waals surface area contributed by atoms with E-state index in [1.165, 1.54) is 0 Å². The van der Waals surface area contributed by atoms with Gasteiger partial charge in [-0.25, -0.2) is 0 Å². The summed E-state index contributed by atoms with van der Waals surface area (Å²) in [6.07, 6.45) is -13.5. The molecule has 2 saturated heterocycles. The first kappa shape index (κ1) is 20.8. The molecule has 0 amide bonds. The van der Waals surface area contributed by atoms with E-state index in [0.29, 0.717) is 0 Å². The summed E-state index contributed by atoms with van der Waals surface area (Å²) in [5.41, 5.74) is 0. The Morgan fingerprint density at radius 3 is 2.00 bits per heavy atom. The molecule has 148 valence electrons. The minimum Gasteiger partial charge on any atom is -0.394 e. The van der Waals surface area contributed by atoms with E-state index in [4.69, 9.17) is 19.3 Å². The van der Waals surface area contributed by atoms with Crippen molar-refractivity contribution in [2.24, 2.45) is 5.92 Å². The van der Waals surface area contributed by atoms with Crippen molar-refractivity contribution in [3.63, 3.8) is 0 Å². The highest BCUT2D eigenvalue weighted by Gasteiger charge is 2.50. The maximum atomic E-state index is 12.6. The lowest BCUT2D eigenvalue weighted by Gasteiger charge is -2.46. The monoisotopic (exact) mass is 371 g/mol. The fourth-order valence-electron chi connectivity index (χ4n) is 3.08. The second-order valence-electron chi connectivity index (χ2n) is 6.18. The Morgan fingerprint density at radius 1 is 0.800 bits per heavy atom. The summed E-state index contributed by atoms with van der Waals surface area (Å²) in [5, 5.41) is 68.2. The number of halogens is 1. The maximum Gasteiger partial charge on any atom is 0.187 e. The zero-order valence-corrected chi connectivity index (χ0v) is 13.3. The highest BCUT2D eigenvalue weighted by Crippen LogP contribution is 2.32. The third-order valence-corrected chi connectivity index (χ3v) is 4.58. The van der Waals surface area contributed by atoms with Gasteiger partial charge in [0.25, 0.3) is 0 Å². The molecular formula is C14H25FO10. The van der Waals surface area contributed by atoms with E-state index < -0.39 is 81.1 Å². The Hall–Kier alpha value is -0.470. The fourth-order valence-corrected chi connectivity index (χ4v) is 3.08. The van der Waals surface area contributed by atoms with Gasteiger partial charge in [0.15, 0.2) is 12.6 Å². The Balaban J connectivity index is 2.14. The second kappa shape index (κ2) is 8.95. The van der Waals surface area contributed by atoms with Crippen molar-refractivity contribution < 1.29 is 54.3 Å². The molecule has 0 spiro atoms. The third-order valence-electron chi connectivity index (χ3n) is 4.58. The number of rotatable bonds is 6. The van der Waals surface area contributed by atoms with E-state index in [-0.39, 0.29) is 6.42 Å². The number of ether oxygens (including phenoxy) is 3. The van der Waals surface area contributed by atoms with Gasteiger partial charge in [-0.2, -0.15) is 0 Å². The molecule has 0 saturated carbocycles. The number of aliphatic hydroxyl groups is 7. The Labute approximate surface area is 143 Å². The predicted molar refractivity (Wildman–Crippen MR) is 76.7 cm³/mol. The van der Waals surface area contributed by atoms with Gasteiger partial charge in [0.05, 0.1) is 26.0 Å². The molecule has 10 nitrogen and oxygen atoms in total. The van der Waals surface area contributed by atoms with Crippen LogP contribution in [0, 0.1) is 5.92 Å². The molecule has 0 aromatic rings. The molecule has 11 heteroatoms. The van der Waals surface area contributed by atoms with E-state index in [1.807, 2.05) is 0 Å². The molecule has 25 heavy (non-hydrogen) atoms.